The Morgan fingerprint density at radius 1 is 1.19 bits per heavy atom. The summed E-state index contributed by atoms with van der Waals surface area (Å²) in [5, 5.41) is 4.67. The molecule has 1 amide bonds. The number of carbonyl (C=O) groups excluding carboxylic acids is 1. The van der Waals surface area contributed by atoms with Crippen molar-refractivity contribution < 1.29 is 9.53 Å². The Hall–Kier alpha value is -2.45. The van der Waals surface area contributed by atoms with E-state index < -0.39 is 0 Å². The van der Waals surface area contributed by atoms with Crippen LogP contribution >= 0.6 is 34.7 Å². The lowest BCUT2D eigenvalue weighted by Gasteiger charge is -2.26. The summed E-state index contributed by atoms with van der Waals surface area (Å²) in [4.78, 5) is 26.2. The lowest BCUT2D eigenvalue weighted by atomic mass is 10.0. The number of nitrogens with zero attached hydrogens (tertiary/aromatic N) is 3. The molecule has 5 nitrogen and oxygen atoms in total. The average Bonchev–Trinajstić information content (AvgIpc) is 3.55. The minimum absolute atomic E-state index is 0.0516. The number of pyridine rings is 1. The van der Waals surface area contributed by atoms with Crippen LogP contribution in [0.15, 0.2) is 58.8 Å². The van der Waals surface area contributed by atoms with Crippen molar-refractivity contribution in [3.63, 3.8) is 0 Å². The number of halogens is 1. The first-order valence-corrected chi connectivity index (χ1v) is 14.5. The Bertz CT molecular complexity index is 1370. The van der Waals surface area contributed by atoms with Crippen molar-refractivity contribution in [3.05, 3.63) is 75.2 Å². The fraction of sp³-hybridized carbons (Fsp3) is 0.321. The monoisotopic (exact) mass is 537 g/mol. The number of fused-ring (bicyclic) bond motifs is 1. The summed E-state index contributed by atoms with van der Waals surface area (Å²) in [5.74, 6) is 0.0516. The fourth-order valence-electron chi connectivity index (χ4n) is 4.55. The first-order valence-electron chi connectivity index (χ1n) is 12.0. The number of rotatable bonds is 8. The molecular formula is C28H28ClN3O2S2. The minimum atomic E-state index is 0.0516. The molecule has 0 bridgehead atoms. The molecule has 1 aliphatic rings. The number of hydrogen-bond donors (Lipinski definition) is 0. The van der Waals surface area contributed by atoms with E-state index in [4.69, 9.17) is 21.3 Å². The molecule has 1 atom stereocenters. The van der Waals surface area contributed by atoms with Gasteiger partial charge in [-0.05, 0) is 61.9 Å². The zero-order valence-electron chi connectivity index (χ0n) is 20.4. The number of benzene rings is 2. The van der Waals surface area contributed by atoms with Gasteiger partial charge < -0.3 is 9.64 Å². The molecular weight excluding hydrogens is 510 g/mol. The number of hydrogen-bond acceptors (Lipinski definition) is 6. The van der Waals surface area contributed by atoms with Gasteiger partial charge in [0.1, 0.15) is 0 Å². The van der Waals surface area contributed by atoms with Crippen LogP contribution in [0, 0.1) is 6.92 Å². The molecule has 1 fully saturated rings. The smallest absolute Gasteiger partial charge is 0.229 e. The number of amides is 1. The van der Waals surface area contributed by atoms with Gasteiger partial charge in [-0.3, -0.25) is 4.79 Å². The average molecular weight is 538 g/mol. The molecule has 0 spiro atoms. The minimum Gasteiger partial charge on any atom is -0.376 e. The summed E-state index contributed by atoms with van der Waals surface area (Å²) >= 11 is 9.45. The maximum atomic E-state index is 13.5. The topological polar surface area (TPSA) is 55.3 Å². The number of thiazole rings is 1. The van der Waals surface area contributed by atoms with Crippen molar-refractivity contribution in [1.82, 2.24) is 14.9 Å². The SMILES string of the molecule is CSc1ccc2cc(CN(C[C@@H]3CCCO3)C(=O)Cc3csc(C)n3)c(-c3ccc(Cl)cc3)nc2c1. The van der Waals surface area contributed by atoms with Crippen LogP contribution in [0.5, 0.6) is 0 Å². The van der Waals surface area contributed by atoms with Gasteiger partial charge in [-0.2, -0.15) is 0 Å². The predicted molar refractivity (Wildman–Crippen MR) is 149 cm³/mol. The van der Waals surface area contributed by atoms with Crippen molar-refractivity contribution >= 4 is 51.5 Å². The molecule has 0 N–H and O–H groups in total. The maximum Gasteiger partial charge on any atom is 0.229 e. The Balaban J connectivity index is 1.53. The Morgan fingerprint density at radius 2 is 2.03 bits per heavy atom. The molecule has 0 aliphatic carbocycles. The van der Waals surface area contributed by atoms with E-state index in [0.29, 0.717) is 18.1 Å². The highest BCUT2D eigenvalue weighted by atomic mass is 35.5. The summed E-state index contributed by atoms with van der Waals surface area (Å²) in [6.45, 7) is 3.73. The summed E-state index contributed by atoms with van der Waals surface area (Å²) in [6, 6.07) is 16.2. The molecule has 2 aromatic heterocycles. The van der Waals surface area contributed by atoms with Gasteiger partial charge in [0.2, 0.25) is 5.91 Å². The van der Waals surface area contributed by atoms with Crippen molar-refractivity contribution in [3.8, 4) is 11.3 Å². The lowest BCUT2D eigenvalue weighted by molar-refractivity contribution is -0.132. The van der Waals surface area contributed by atoms with Gasteiger partial charge in [-0.1, -0.05) is 29.8 Å². The van der Waals surface area contributed by atoms with E-state index in [0.717, 1.165) is 57.9 Å². The number of ether oxygens (including phenoxy) is 1. The van der Waals surface area contributed by atoms with Gasteiger partial charge in [0, 0.05) is 45.9 Å². The molecule has 0 unspecified atom stereocenters. The van der Waals surface area contributed by atoms with Gasteiger partial charge in [0.25, 0.3) is 0 Å². The van der Waals surface area contributed by atoms with Crippen molar-refractivity contribution in [2.45, 2.75) is 43.7 Å². The van der Waals surface area contributed by atoms with Crippen LogP contribution in [0.3, 0.4) is 0 Å². The Kier molecular flexibility index (Phi) is 7.91. The third-order valence-electron chi connectivity index (χ3n) is 6.38. The molecule has 4 aromatic rings. The molecule has 1 aliphatic heterocycles. The molecule has 1 saturated heterocycles. The van der Waals surface area contributed by atoms with E-state index in [2.05, 4.69) is 35.5 Å². The van der Waals surface area contributed by atoms with Crippen LogP contribution in [0.4, 0.5) is 0 Å². The van der Waals surface area contributed by atoms with Crippen LogP contribution in [0.25, 0.3) is 22.2 Å². The van der Waals surface area contributed by atoms with E-state index in [1.54, 1.807) is 23.1 Å². The highest BCUT2D eigenvalue weighted by molar-refractivity contribution is 7.98. The molecule has 36 heavy (non-hydrogen) atoms. The predicted octanol–water partition coefficient (Wildman–Crippen LogP) is 6.79. The van der Waals surface area contributed by atoms with Crippen molar-refractivity contribution in [1.29, 1.82) is 0 Å². The molecule has 8 heteroatoms. The van der Waals surface area contributed by atoms with Crippen LogP contribution in [0.2, 0.25) is 5.02 Å². The summed E-state index contributed by atoms with van der Waals surface area (Å²) in [5.41, 5.74) is 4.60. The van der Waals surface area contributed by atoms with E-state index in [9.17, 15) is 4.79 Å². The number of thioether (sulfide) groups is 1. The molecule has 0 saturated carbocycles. The van der Waals surface area contributed by atoms with Gasteiger partial charge in [0.05, 0.1) is 34.4 Å². The summed E-state index contributed by atoms with van der Waals surface area (Å²) < 4.78 is 5.91. The number of aryl methyl sites for hydroxylation is 1. The van der Waals surface area contributed by atoms with Gasteiger partial charge >= 0.3 is 0 Å². The van der Waals surface area contributed by atoms with Crippen molar-refractivity contribution in [2.75, 3.05) is 19.4 Å². The molecule has 2 aromatic carbocycles. The quantitative estimate of drug-likeness (QED) is 0.231. The van der Waals surface area contributed by atoms with Gasteiger partial charge in [-0.25, -0.2) is 9.97 Å². The largest absolute Gasteiger partial charge is 0.376 e. The molecule has 186 valence electrons. The lowest BCUT2D eigenvalue weighted by Crippen LogP contribution is -2.38. The second-order valence-electron chi connectivity index (χ2n) is 9.01. The van der Waals surface area contributed by atoms with Crippen LogP contribution in [-0.4, -0.2) is 46.3 Å². The first-order chi connectivity index (χ1) is 17.5. The molecule has 0 radical (unpaired) electrons. The summed E-state index contributed by atoms with van der Waals surface area (Å²) in [6.07, 6.45) is 4.41. The van der Waals surface area contributed by atoms with Gasteiger partial charge in [0.15, 0.2) is 0 Å². The highest BCUT2D eigenvalue weighted by Crippen LogP contribution is 2.30. The van der Waals surface area contributed by atoms with E-state index >= 15 is 0 Å². The zero-order valence-corrected chi connectivity index (χ0v) is 22.8. The molecule has 3 heterocycles. The summed E-state index contributed by atoms with van der Waals surface area (Å²) in [7, 11) is 0. The third kappa shape index (κ3) is 5.92. The van der Waals surface area contributed by atoms with Crippen LogP contribution < -0.4 is 0 Å². The second kappa shape index (κ2) is 11.3. The molecule has 5 rings (SSSR count). The zero-order chi connectivity index (χ0) is 25.1. The fourth-order valence-corrected chi connectivity index (χ4v) is 5.72. The van der Waals surface area contributed by atoms with E-state index in [1.165, 1.54) is 4.90 Å². The van der Waals surface area contributed by atoms with Gasteiger partial charge in [-0.15, -0.1) is 23.1 Å². The Morgan fingerprint density at radius 3 is 2.72 bits per heavy atom. The van der Waals surface area contributed by atoms with E-state index in [1.807, 2.05) is 41.5 Å². The van der Waals surface area contributed by atoms with Crippen LogP contribution in [0.1, 0.15) is 29.1 Å². The standard InChI is InChI=1S/C28H28ClN3O2S2/c1-18-30-23(17-36-18)13-27(33)32(16-24-4-3-11-34-24)15-21-12-20-7-10-25(35-2)14-26(20)31-28(21)19-5-8-22(29)9-6-19/h5-10,12,14,17,24H,3-4,11,13,15-16H2,1-2H3/t24-/m0/s1. The van der Waals surface area contributed by atoms with E-state index in [-0.39, 0.29) is 18.4 Å². The first kappa shape index (κ1) is 25.2. The number of carbonyl (C=O) groups is 1. The third-order valence-corrected chi connectivity index (χ3v) is 8.18. The normalized spacial score (nSPS) is 15.5. The second-order valence-corrected chi connectivity index (χ2v) is 11.4. The van der Waals surface area contributed by atoms with Crippen LogP contribution in [-0.2, 0) is 22.5 Å². The Labute approximate surface area is 224 Å². The number of aromatic nitrogens is 2. The van der Waals surface area contributed by atoms with Crippen molar-refractivity contribution in [2.24, 2.45) is 0 Å². The highest BCUT2D eigenvalue weighted by Gasteiger charge is 2.25. The maximum absolute atomic E-state index is 13.5.